The molecule has 0 saturated carbocycles. The normalized spacial score (nSPS) is 11.3. The van der Waals surface area contributed by atoms with Crippen molar-refractivity contribution in [2.75, 3.05) is 6.61 Å². The standard InChI is InChI=1S/C20H30O2/c1-8-9-10-22-20(21)19-17(14(4)5)11-16(13(2)3)12-18(19)15(6)7/h8,11-15H,1,9-10H2,2-7H3. The van der Waals surface area contributed by atoms with Crippen molar-refractivity contribution in [3.63, 3.8) is 0 Å². The number of carbonyl (C=O) groups is 1. The van der Waals surface area contributed by atoms with Crippen molar-refractivity contribution in [1.29, 1.82) is 0 Å². The van der Waals surface area contributed by atoms with Crippen LogP contribution in [0.2, 0.25) is 0 Å². The van der Waals surface area contributed by atoms with Crippen LogP contribution in [0.1, 0.15) is 92.8 Å². The fraction of sp³-hybridized carbons (Fsp3) is 0.550. The van der Waals surface area contributed by atoms with Gasteiger partial charge in [0, 0.05) is 0 Å². The van der Waals surface area contributed by atoms with Gasteiger partial charge in [-0.2, -0.15) is 0 Å². The summed E-state index contributed by atoms with van der Waals surface area (Å²) in [5.41, 5.74) is 4.24. The minimum absolute atomic E-state index is 0.204. The van der Waals surface area contributed by atoms with E-state index in [-0.39, 0.29) is 17.8 Å². The van der Waals surface area contributed by atoms with E-state index < -0.39 is 0 Å². The van der Waals surface area contributed by atoms with Gasteiger partial charge in [0.1, 0.15) is 0 Å². The highest BCUT2D eigenvalue weighted by Gasteiger charge is 2.23. The first-order valence-corrected chi connectivity index (χ1v) is 8.25. The zero-order valence-corrected chi connectivity index (χ0v) is 14.9. The average molecular weight is 302 g/mol. The molecule has 1 aromatic carbocycles. The summed E-state index contributed by atoms with van der Waals surface area (Å²) in [5, 5.41) is 0. The number of carbonyl (C=O) groups excluding carboxylic acids is 1. The Morgan fingerprint density at radius 1 is 1.05 bits per heavy atom. The van der Waals surface area contributed by atoms with E-state index >= 15 is 0 Å². The molecule has 0 unspecified atom stereocenters. The minimum atomic E-state index is -0.204. The summed E-state index contributed by atoms with van der Waals surface area (Å²) < 4.78 is 5.44. The summed E-state index contributed by atoms with van der Waals surface area (Å²) in [6.45, 7) is 16.9. The van der Waals surface area contributed by atoms with Crippen molar-refractivity contribution in [3.05, 3.63) is 47.0 Å². The van der Waals surface area contributed by atoms with E-state index in [9.17, 15) is 4.79 Å². The highest BCUT2D eigenvalue weighted by molar-refractivity contribution is 5.93. The van der Waals surface area contributed by atoms with E-state index in [2.05, 4.69) is 60.3 Å². The van der Waals surface area contributed by atoms with E-state index in [0.29, 0.717) is 18.9 Å². The third-order valence-corrected chi connectivity index (χ3v) is 3.89. The Morgan fingerprint density at radius 2 is 1.55 bits per heavy atom. The third-order valence-electron chi connectivity index (χ3n) is 3.89. The van der Waals surface area contributed by atoms with Gasteiger partial charge in [0.25, 0.3) is 0 Å². The van der Waals surface area contributed by atoms with E-state index in [0.717, 1.165) is 16.7 Å². The lowest BCUT2D eigenvalue weighted by atomic mass is 9.84. The molecule has 0 aliphatic rings. The van der Waals surface area contributed by atoms with Crippen LogP contribution in [0.15, 0.2) is 24.8 Å². The summed E-state index contributed by atoms with van der Waals surface area (Å²) in [7, 11) is 0. The van der Waals surface area contributed by atoms with Crippen LogP contribution in [-0.4, -0.2) is 12.6 Å². The van der Waals surface area contributed by atoms with Gasteiger partial charge in [0.15, 0.2) is 0 Å². The Labute approximate surface area is 135 Å². The van der Waals surface area contributed by atoms with Crippen molar-refractivity contribution in [2.24, 2.45) is 0 Å². The molecule has 2 nitrogen and oxygen atoms in total. The van der Waals surface area contributed by atoms with E-state index in [4.69, 9.17) is 4.74 Å². The van der Waals surface area contributed by atoms with E-state index in [1.165, 1.54) is 5.56 Å². The molecule has 0 aliphatic carbocycles. The van der Waals surface area contributed by atoms with Gasteiger partial charge < -0.3 is 4.74 Å². The Morgan fingerprint density at radius 3 is 1.91 bits per heavy atom. The lowest BCUT2D eigenvalue weighted by molar-refractivity contribution is 0.0508. The van der Waals surface area contributed by atoms with Gasteiger partial charge in [0.2, 0.25) is 0 Å². The molecule has 0 heterocycles. The quantitative estimate of drug-likeness (QED) is 0.362. The number of esters is 1. The first-order valence-electron chi connectivity index (χ1n) is 8.25. The predicted octanol–water partition coefficient (Wildman–Crippen LogP) is 5.79. The van der Waals surface area contributed by atoms with Crippen LogP contribution in [0.4, 0.5) is 0 Å². The van der Waals surface area contributed by atoms with E-state index in [1.807, 2.05) is 0 Å². The molecule has 0 aliphatic heterocycles. The first kappa shape index (κ1) is 18.5. The smallest absolute Gasteiger partial charge is 0.338 e. The zero-order valence-electron chi connectivity index (χ0n) is 14.9. The molecule has 0 atom stereocenters. The first-order chi connectivity index (χ1) is 10.3. The summed E-state index contributed by atoms with van der Waals surface area (Å²) in [4.78, 5) is 12.6. The number of hydrogen-bond acceptors (Lipinski definition) is 2. The molecule has 0 bridgehead atoms. The fourth-order valence-corrected chi connectivity index (χ4v) is 2.50. The van der Waals surface area contributed by atoms with Crippen LogP contribution in [0.3, 0.4) is 0 Å². The van der Waals surface area contributed by atoms with Crippen molar-refractivity contribution >= 4 is 5.97 Å². The Bertz CT molecular complexity index is 496. The topological polar surface area (TPSA) is 26.3 Å². The maximum Gasteiger partial charge on any atom is 0.338 e. The van der Waals surface area contributed by atoms with Crippen LogP contribution in [-0.2, 0) is 4.74 Å². The van der Waals surface area contributed by atoms with Crippen LogP contribution >= 0.6 is 0 Å². The van der Waals surface area contributed by atoms with Gasteiger partial charge >= 0.3 is 5.97 Å². The molecular weight excluding hydrogens is 272 g/mol. The maximum atomic E-state index is 12.6. The fourth-order valence-electron chi connectivity index (χ4n) is 2.50. The summed E-state index contributed by atoms with van der Waals surface area (Å²) in [5.74, 6) is 0.821. The molecule has 0 amide bonds. The molecule has 122 valence electrons. The highest BCUT2D eigenvalue weighted by atomic mass is 16.5. The number of hydrogen-bond donors (Lipinski definition) is 0. The molecule has 2 heteroatoms. The van der Waals surface area contributed by atoms with Crippen molar-refractivity contribution in [1.82, 2.24) is 0 Å². The molecule has 0 spiro atoms. The van der Waals surface area contributed by atoms with Gasteiger partial charge in [-0.3, -0.25) is 0 Å². The lowest BCUT2D eigenvalue weighted by Gasteiger charge is -2.21. The average Bonchev–Trinajstić information content (AvgIpc) is 2.45. The number of ether oxygens (including phenoxy) is 1. The second-order valence-corrected chi connectivity index (χ2v) is 6.75. The highest BCUT2D eigenvalue weighted by Crippen LogP contribution is 2.32. The van der Waals surface area contributed by atoms with Crippen LogP contribution in [0.25, 0.3) is 0 Å². The zero-order chi connectivity index (χ0) is 16.9. The monoisotopic (exact) mass is 302 g/mol. The molecule has 0 N–H and O–H groups in total. The van der Waals surface area contributed by atoms with Gasteiger partial charge in [-0.15, -0.1) is 6.58 Å². The molecule has 1 aromatic rings. The molecule has 1 rings (SSSR count). The molecule has 22 heavy (non-hydrogen) atoms. The third kappa shape index (κ3) is 4.46. The number of rotatable bonds is 7. The Kier molecular flexibility index (Phi) is 6.86. The largest absolute Gasteiger partial charge is 0.462 e. The van der Waals surface area contributed by atoms with Gasteiger partial charge in [-0.1, -0.05) is 59.8 Å². The van der Waals surface area contributed by atoms with E-state index in [1.54, 1.807) is 6.08 Å². The molecule has 0 fully saturated rings. The number of benzene rings is 1. The van der Waals surface area contributed by atoms with Crippen molar-refractivity contribution in [3.8, 4) is 0 Å². The van der Waals surface area contributed by atoms with Crippen LogP contribution < -0.4 is 0 Å². The lowest BCUT2D eigenvalue weighted by Crippen LogP contribution is -2.15. The van der Waals surface area contributed by atoms with Crippen molar-refractivity contribution in [2.45, 2.75) is 65.7 Å². The molecule has 0 saturated heterocycles. The van der Waals surface area contributed by atoms with Gasteiger partial charge in [0.05, 0.1) is 12.2 Å². The molecule has 0 aromatic heterocycles. The molecular formula is C20H30O2. The Balaban J connectivity index is 3.38. The van der Waals surface area contributed by atoms with Gasteiger partial charge in [-0.05, 0) is 40.9 Å². The second-order valence-electron chi connectivity index (χ2n) is 6.75. The molecule has 0 radical (unpaired) electrons. The summed E-state index contributed by atoms with van der Waals surface area (Å²) >= 11 is 0. The minimum Gasteiger partial charge on any atom is -0.462 e. The second kappa shape index (κ2) is 8.17. The SMILES string of the molecule is C=CCCOC(=O)c1c(C(C)C)cc(C(C)C)cc1C(C)C. The maximum absolute atomic E-state index is 12.6. The summed E-state index contributed by atoms with van der Waals surface area (Å²) in [6, 6.07) is 4.34. The summed E-state index contributed by atoms with van der Waals surface area (Å²) in [6.07, 6.45) is 2.45. The van der Waals surface area contributed by atoms with Crippen molar-refractivity contribution < 1.29 is 9.53 Å². The van der Waals surface area contributed by atoms with Crippen LogP contribution in [0, 0.1) is 0 Å². The van der Waals surface area contributed by atoms with Crippen LogP contribution in [0.5, 0.6) is 0 Å². The van der Waals surface area contributed by atoms with Gasteiger partial charge in [-0.25, -0.2) is 4.79 Å². The Hall–Kier alpha value is -1.57. The predicted molar refractivity (Wildman–Crippen MR) is 93.8 cm³/mol.